The highest BCUT2D eigenvalue weighted by atomic mass is 17.3. The quantitative estimate of drug-likeness (QED) is 0.418. The summed E-state index contributed by atoms with van der Waals surface area (Å²) in [5.41, 5.74) is -0.614. The van der Waals surface area contributed by atoms with Crippen LogP contribution in [-0.4, -0.2) is 23.6 Å². The van der Waals surface area contributed by atoms with Gasteiger partial charge in [-0.15, -0.1) is 0 Å². The van der Waals surface area contributed by atoms with Crippen molar-refractivity contribution in [2.75, 3.05) is 0 Å². The zero-order chi connectivity index (χ0) is 17.7. The lowest BCUT2D eigenvalue weighted by Crippen LogP contribution is -2.70. The van der Waals surface area contributed by atoms with Gasteiger partial charge in [-0.05, 0) is 38.5 Å². The van der Waals surface area contributed by atoms with E-state index in [1.807, 2.05) is 6.92 Å². The zero-order valence-electron chi connectivity index (χ0n) is 15.8. The Morgan fingerprint density at radius 2 is 1.92 bits per heavy atom. The minimum atomic E-state index is -0.800. The highest BCUT2D eigenvalue weighted by Gasteiger charge is 2.70. The summed E-state index contributed by atoms with van der Waals surface area (Å²) < 4.78 is 12.0. The molecule has 25 heavy (non-hydrogen) atoms. The highest BCUT2D eigenvalue weighted by Crippen LogP contribution is 2.60. The number of rotatable bonds is 5. The van der Waals surface area contributed by atoms with Gasteiger partial charge in [0.1, 0.15) is 0 Å². The SMILES string of the molecule is CCCCCC[C@@H]1C(=O)O[C@@H]2O[C@]3(C)CC[C@H]4[C@H](C)CC[C@@H]1[C@@]24OO3. The summed E-state index contributed by atoms with van der Waals surface area (Å²) in [5, 5.41) is 0. The Bertz CT molecular complexity index is 522. The van der Waals surface area contributed by atoms with E-state index < -0.39 is 17.7 Å². The number of unbranched alkanes of at least 4 members (excludes halogenated alkanes) is 3. The maximum atomic E-state index is 12.8. The minimum absolute atomic E-state index is 0.0854. The van der Waals surface area contributed by atoms with E-state index in [0.29, 0.717) is 11.8 Å². The molecule has 0 N–H and O–H groups in total. The summed E-state index contributed by atoms with van der Waals surface area (Å²) >= 11 is 0. The Hall–Kier alpha value is -0.650. The number of hydrogen-bond donors (Lipinski definition) is 0. The van der Waals surface area contributed by atoms with Gasteiger partial charge in [0.2, 0.25) is 12.1 Å². The third-order valence-corrected chi connectivity index (χ3v) is 7.16. The van der Waals surface area contributed by atoms with Gasteiger partial charge in [-0.25, -0.2) is 9.78 Å². The lowest BCUT2D eigenvalue weighted by Gasteiger charge is -2.58. The van der Waals surface area contributed by atoms with E-state index in [2.05, 4.69) is 13.8 Å². The number of carbonyl (C=O) groups excluding carboxylic acids is 1. The van der Waals surface area contributed by atoms with Gasteiger partial charge < -0.3 is 9.47 Å². The summed E-state index contributed by atoms with van der Waals surface area (Å²) in [7, 11) is 0. The molecule has 7 atom stereocenters. The largest absolute Gasteiger partial charge is 0.432 e. The Balaban J connectivity index is 1.63. The van der Waals surface area contributed by atoms with Crippen LogP contribution in [-0.2, 0) is 24.0 Å². The van der Waals surface area contributed by atoms with Crippen LogP contribution in [0.5, 0.6) is 0 Å². The van der Waals surface area contributed by atoms with Crippen LogP contribution in [0.3, 0.4) is 0 Å². The van der Waals surface area contributed by atoms with Crippen molar-refractivity contribution in [3.8, 4) is 0 Å². The molecule has 5 nitrogen and oxygen atoms in total. The lowest BCUT2D eigenvalue weighted by atomic mass is 9.57. The summed E-state index contributed by atoms with van der Waals surface area (Å²) in [6, 6.07) is 0. The van der Waals surface area contributed by atoms with E-state index >= 15 is 0 Å². The molecule has 4 saturated heterocycles. The predicted octanol–water partition coefficient (Wildman–Crippen LogP) is 4.35. The maximum absolute atomic E-state index is 12.8. The second-order valence-corrected chi connectivity index (χ2v) is 8.80. The number of ether oxygens (including phenoxy) is 2. The van der Waals surface area contributed by atoms with Crippen molar-refractivity contribution in [1.29, 1.82) is 0 Å². The molecule has 1 spiro atoms. The molecular weight excluding hydrogens is 320 g/mol. The Morgan fingerprint density at radius 1 is 1.08 bits per heavy atom. The fourth-order valence-electron chi connectivity index (χ4n) is 5.73. The van der Waals surface area contributed by atoms with E-state index in [4.69, 9.17) is 19.2 Å². The van der Waals surface area contributed by atoms with Gasteiger partial charge in [0.15, 0.2) is 5.60 Å². The van der Waals surface area contributed by atoms with Gasteiger partial charge in [0.25, 0.3) is 0 Å². The fourth-order valence-corrected chi connectivity index (χ4v) is 5.73. The zero-order valence-corrected chi connectivity index (χ0v) is 15.8. The molecule has 1 aliphatic carbocycles. The molecule has 0 radical (unpaired) electrons. The molecule has 4 aliphatic heterocycles. The van der Waals surface area contributed by atoms with E-state index in [1.165, 1.54) is 19.3 Å². The topological polar surface area (TPSA) is 54.0 Å². The van der Waals surface area contributed by atoms with Gasteiger partial charge in [0, 0.05) is 18.3 Å². The average molecular weight is 352 g/mol. The van der Waals surface area contributed by atoms with Crippen molar-refractivity contribution < 1.29 is 24.0 Å². The van der Waals surface area contributed by atoms with Crippen LogP contribution in [0.4, 0.5) is 0 Å². The standard InChI is InChI=1S/C20H32O5/c1-4-5-6-7-8-14-16-10-9-13(2)15-11-12-19(3)23-18(22-17(14)21)20(15,16)25-24-19/h13-16,18H,4-12H2,1-3H3/t13-,14+,15+,16+,18-,19+,20-/m1/s1. The smallest absolute Gasteiger partial charge is 0.311 e. The maximum Gasteiger partial charge on any atom is 0.311 e. The highest BCUT2D eigenvalue weighted by molar-refractivity contribution is 5.74. The van der Waals surface area contributed by atoms with Gasteiger partial charge in [-0.1, -0.05) is 39.5 Å². The Labute approximate surface area is 150 Å². The van der Waals surface area contributed by atoms with Gasteiger partial charge in [-0.2, -0.15) is 0 Å². The third-order valence-electron chi connectivity index (χ3n) is 7.16. The van der Waals surface area contributed by atoms with Crippen LogP contribution in [0.15, 0.2) is 0 Å². The molecular formula is C20H32O5. The van der Waals surface area contributed by atoms with Crippen LogP contribution in [0.25, 0.3) is 0 Å². The molecule has 2 bridgehead atoms. The van der Waals surface area contributed by atoms with Gasteiger partial charge in [0.05, 0.1) is 5.92 Å². The molecule has 1 saturated carbocycles. The van der Waals surface area contributed by atoms with Crippen molar-refractivity contribution >= 4 is 5.97 Å². The second-order valence-electron chi connectivity index (χ2n) is 8.80. The molecule has 142 valence electrons. The minimum Gasteiger partial charge on any atom is -0.432 e. The molecule has 5 aliphatic rings. The number of carbonyl (C=O) groups is 1. The Morgan fingerprint density at radius 3 is 2.72 bits per heavy atom. The van der Waals surface area contributed by atoms with Crippen LogP contribution in [0.1, 0.15) is 78.6 Å². The summed E-state index contributed by atoms with van der Waals surface area (Å²) in [6.07, 6.45) is 8.86. The van der Waals surface area contributed by atoms with E-state index in [1.54, 1.807) is 0 Å². The molecule has 0 unspecified atom stereocenters. The number of fused-ring (bicyclic) bond motifs is 2. The summed E-state index contributed by atoms with van der Waals surface area (Å²) in [6.45, 7) is 6.39. The van der Waals surface area contributed by atoms with Crippen molar-refractivity contribution in [1.82, 2.24) is 0 Å². The van der Waals surface area contributed by atoms with Crippen LogP contribution < -0.4 is 0 Å². The van der Waals surface area contributed by atoms with Crippen LogP contribution in [0.2, 0.25) is 0 Å². The number of esters is 1. The van der Waals surface area contributed by atoms with Gasteiger partial charge in [-0.3, -0.25) is 4.79 Å². The molecule has 5 rings (SSSR count). The van der Waals surface area contributed by atoms with E-state index in [9.17, 15) is 4.79 Å². The predicted molar refractivity (Wildman–Crippen MR) is 91.1 cm³/mol. The second kappa shape index (κ2) is 6.50. The first-order valence-corrected chi connectivity index (χ1v) is 10.3. The first-order valence-electron chi connectivity index (χ1n) is 10.3. The lowest BCUT2D eigenvalue weighted by molar-refractivity contribution is -0.559. The molecule has 0 aromatic rings. The molecule has 5 heteroatoms. The van der Waals surface area contributed by atoms with Crippen molar-refractivity contribution in [3.05, 3.63) is 0 Å². The monoisotopic (exact) mass is 352 g/mol. The van der Waals surface area contributed by atoms with E-state index in [-0.39, 0.29) is 17.8 Å². The first kappa shape index (κ1) is 17.7. The van der Waals surface area contributed by atoms with Gasteiger partial charge >= 0.3 is 5.97 Å². The Kier molecular flexibility index (Phi) is 4.62. The summed E-state index contributed by atoms with van der Waals surface area (Å²) in [5.74, 6) is 0.0223. The summed E-state index contributed by atoms with van der Waals surface area (Å²) in [4.78, 5) is 24.7. The average Bonchev–Trinajstić information content (AvgIpc) is 2.81. The molecule has 0 amide bonds. The van der Waals surface area contributed by atoms with Crippen LogP contribution in [0, 0.1) is 23.7 Å². The van der Waals surface area contributed by atoms with E-state index in [0.717, 1.165) is 38.5 Å². The number of hydrogen-bond acceptors (Lipinski definition) is 5. The third kappa shape index (κ3) is 2.74. The van der Waals surface area contributed by atoms with Crippen molar-refractivity contribution in [3.63, 3.8) is 0 Å². The molecule has 5 fully saturated rings. The molecule has 0 aromatic heterocycles. The van der Waals surface area contributed by atoms with Crippen molar-refractivity contribution in [2.24, 2.45) is 23.7 Å². The molecule has 4 heterocycles. The first-order chi connectivity index (χ1) is 12.0. The van der Waals surface area contributed by atoms with Crippen LogP contribution >= 0.6 is 0 Å². The molecule has 0 aromatic carbocycles. The fraction of sp³-hybridized carbons (Fsp3) is 0.950. The normalized spacial score (nSPS) is 48.6. The van der Waals surface area contributed by atoms with Crippen molar-refractivity contribution in [2.45, 2.75) is 96.2 Å².